The Labute approximate surface area is 198 Å². The van der Waals surface area contributed by atoms with Crippen LogP contribution < -0.4 is 10.6 Å². The van der Waals surface area contributed by atoms with E-state index >= 15 is 0 Å². The minimum atomic E-state index is -4.48. The second kappa shape index (κ2) is 9.87. The number of halogens is 4. The van der Waals surface area contributed by atoms with Crippen LogP contribution in [0.3, 0.4) is 0 Å². The van der Waals surface area contributed by atoms with Crippen LogP contribution in [0.5, 0.6) is 0 Å². The monoisotopic (exact) mass is 490 g/mol. The molecule has 0 saturated carbocycles. The fourth-order valence-corrected chi connectivity index (χ4v) is 3.61. The maximum Gasteiger partial charge on any atom is 0.414 e. The lowest BCUT2D eigenvalue weighted by molar-refractivity contribution is -0.217. The van der Waals surface area contributed by atoms with Crippen LogP contribution in [0.2, 0.25) is 0 Å². The third-order valence-electron chi connectivity index (χ3n) is 5.57. The average Bonchev–Trinajstić information content (AvgIpc) is 3.44. The van der Waals surface area contributed by atoms with Crippen LogP contribution in [0.25, 0.3) is 16.9 Å². The Balaban J connectivity index is 1.65. The van der Waals surface area contributed by atoms with Gasteiger partial charge in [-0.1, -0.05) is 30.3 Å². The van der Waals surface area contributed by atoms with Crippen molar-refractivity contribution in [3.05, 3.63) is 66.0 Å². The zero-order valence-corrected chi connectivity index (χ0v) is 18.6. The lowest BCUT2D eigenvalue weighted by Gasteiger charge is -2.16. The fraction of sp³-hybridized carbons (Fsp3) is 0.292. The summed E-state index contributed by atoms with van der Waals surface area (Å²) in [5.41, 5.74) is 1.52. The average molecular weight is 490 g/mol. The van der Waals surface area contributed by atoms with Gasteiger partial charge in [0, 0.05) is 24.6 Å². The Morgan fingerprint density at radius 3 is 2.69 bits per heavy atom. The molecule has 1 saturated heterocycles. The van der Waals surface area contributed by atoms with Gasteiger partial charge in [0.05, 0.1) is 18.2 Å². The van der Waals surface area contributed by atoms with E-state index in [2.05, 4.69) is 15.7 Å². The highest BCUT2D eigenvalue weighted by atomic mass is 19.4. The second-order valence-corrected chi connectivity index (χ2v) is 8.17. The summed E-state index contributed by atoms with van der Waals surface area (Å²) in [5, 5.41) is 9.59. The van der Waals surface area contributed by atoms with Gasteiger partial charge in [-0.25, -0.2) is 9.07 Å². The van der Waals surface area contributed by atoms with E-state index in [9.17, 15) is 27.2 Å². The number of benzene rings is 2. The van der Waals surface area contributed by atoms with E-state index in [0.717, 1.165) is 6.92 Å². The minimum absolute atomic E-state index is 0.0606. The number of anilines is 1. The van der Waals surface area contributed by atoms with Crippen LogP contribution in [0, 0.1) is 11.7 Å². The summed E-state index contributed by atoms with van der Waals surface area (Å²) >= 11 is 0. The molecule has 184 valence electrons. The number of aromatic nitrogens is 2. The normalized spacial score (nSPS) is 16.7. The van der Waals surface area contributed by atoms with Crippen LogP contribution in [0.15, 0.2) is 54.6 Å². The van der Waals surface area contributed by atoms with Gasteiger partial charge in [0.15, 0.2) is 11.9 Å². The Kier molecular flexibility index (Phi) is 6.88. The van der Waals surface area contributed by atoms with Gasteiger partial charge in [-0.2, -0.15) is 13.2 Å². The van der Waals surface area contributed by atoms with Crippen molar-refractivity contribution in [2.45, 2.75) is 32.2 Å². The fourth-order valence-electron chi connectivity index (χ4n) is 3.61. The molecule has 0 bridgehead atoms. The Morgan fingerprint density at radius 2 is 2.00 bits per heavy atom. The summed E-state index contributed by atoms with van der Waals surface area (Å²) in [6, 6.07) is 14.0. The van der Waals surface area contributed by atoms with Gasteiger partial charge in [0.25, 0.3) is 0 Å². The summed E-state index contributed by atoms with van der Waals surface area (Å²) in [6.07, 6.45) is -6.35. The Bertz CT molecular complexity index is 1240. The van der Waals surface area contributed by atoms with E-state index in [1.165, 1.54) is 28.9 Å². The van der Waals surface area contributed by atoms with Crippen LogP contribution >= 0.6 is 0 Å². The van der Waals surface area contributed by atoms with E-state index in [4.69, 9.17) is 4.74 Å². The number of para-hydroxylation sites is 1. The first kappa shape index (κ1) is 24.4. The Morgan fingerprint density at radius 1 is 1.23 bits per heavy atom. The number of nitrogens with one attached hydrogen (secondary N) is 2. The molecule has 3 aromatic rings. The third-order valence-corrected chi connectivity index (χ3v) is 5.57. The summed E-state index contributed by atoms with van der Waals surface area (Å²) < 4.78 is 59.2. The molecule has 1 fully saturated rings. The number of nitrogens with zero attached hydrogens (tertiary/aromatic N) is 2. The molecule has 0 unspecified atom stereocenters. The quantitative estimate of drug-likeness (QED) is 0.486. The van der Waals surface area contributed by atoms with E-state index in [-0.39, 0.29) is 37.0 Å². The molecule has 0 aliphatic carbocycles. The van der Waals surface area contributed by atoms with Crippen molar-refractivity contribution < 1.29 is 31.9 Å². The Hall–Kier alpha value is -3.73. The number of ether oxygens (including phenoxy) is 1. The first-order valence-electron chi connectivity index (χ1n) is 10.8. The molecule has 35 heavy (non-hydrogen) atoms. The second-order valence-electron chi connectivity index (χ2n) is 8.17. The molecule has 1 aliphatic rings. The van der Waals surface area contributed by atoms with Crippen molar-refractivity contribution in [3.8, 4) is 16.9 Å². The van der Waals surface area contributed by atoms with Gasteiger partial charge < -0.3 is 15.4 Å². The lowest BCUT2D eigenvalue weighted by Crippen LogP contribution is -2.28. The molecule has 11 heteroatoms. The van der Waals surface area contributed by atoms with Crippen molar-refractivity contribution in [1.82, 2.24) is 15.1 Å². The SMILES string of the molecule is C[C@@H](OCc1cccc(-c2cc(NC(=O)[C@@H]3CNC(=O)C3)nn2-c2ccccc2F)c1)C(F)(F)F. The largest absolute Gasteiger partial charge is 0.414 e. The number of hydrogen-bond acceptors (Lipinski definition) is 4. The van der Waals surface area contributed by atoms with E-state index in [1.54, 1.807) is 30.3 Å². The molecule has 2 aromatic carbocycles. The van der Waals surface area contributed by atoms with E-state index in [1.807, 2.05) is 0 Å². The van der Waals surface area contributed by atoms with Crippen LogP contribution in [-0.4, -0.2) is 40.4 Å². The number of rotatable bonds is 7. The summed E-state index contributed by atoms with van der Waals surface area (Å²) in [5.74, 6) is -1.60. The molecule has 4 rings (SSSR count). The highest BCUT2D eigenvalue weighted by molar-refractivity contribution is 5.97. The first-order valence-corrected chi connectivity index (χ1v) is 10.8. The number of alkyl halides is 3. The van der Waals surface area contributed by atoms with Crippen molar-refractivity contribution in [1.29, 1.82) is 0 Å². The van der Waals surface area contributed by atoms with Gasteiger partial charge in [-0.05, 0) is 30.7 Å². The smallest absolute Gasteiger partial charge is 0.364 e. The molecule has 2 atom stereocenters. The van der Waals surface area contributed by atoms with Crippen molar-refractivity contribution >= 4 is 17.6 Å². The molecular formula is C24H22F4N4O3. The van der Waals surface area contributed by atoms with Crippen molar-refractivity contribution in [2.75, 3.05) is 11.9 Å². The van der Waals surface area contributed by atoms with Crippen molar-refractivity contribution in [2.24, 2.45) is 5.92 Å². The maximum atomic E-state index is 14.6. The highest BCUT2D eigenvalue weighted by Gasteiger charge is 2.36. The predicted molar refractivity (Wildman–Crippen MR) is 119 cm³/mol. The predicted octanol–water partition coefficient (Wildman–Crippen LogP) is 4.22. The molecule has 2 N–H and O–H groups in total. The summed E-state index contributed by atoms with van der Waals surface area (Å²) in [4.78, 5) is 24.0. The topological polar surface area (TPSA) is 85.2 Å². The van der Waals surface area contributed by atoms with Gasteiger partial charge >= 0.3 is 6.18 Å². The van der Waals surface area contributed by atoms with Gasteiger partial charge in [0.1, 0.15) is 11.5 Å². The number of carbonyl (C=O) groups excluding carboxylic acids is 2. The minimum Gasteiger partial charge on any atom is -0.364 e. The van der Waals surface area contributed by atoms with Gasteiger partial charge in [-0.3, -0.25) is 9.59 Å². The highest BCUT2D eigenvalue weighted by Crippen LogP contribution is 2.29. The molecule has 1 aromatic heterocycles. The molecule has 2 heterocycles. The molecule has 0 spiro atoms. The standard InChI is InChI=1S/C24H22F4N4O3/c1-14(24(26,27)28)35-13-15-5-4-6-16(9-15)20-11-21(30-23(34)17-10-22(33)29-12-17)31-32(20)19-8-3-2-7-18(19)25/h2-9,11,14,17H,10,12-13H2,1H3,(H,29,33)(H,30,31,34)/t14-,17+/m1/s1. The zero-order valence-electron chi connectivity index (χ0n) is 18.6. The first-order chi connectivity index (χ1) is 16.6. The van der Waals surface area contributed by atoms with Crippen molar-refractivity contribution in [3.63, 3.8) is 0 Å². The maximum absolute atomic E-state index is 14.6. The number of carbonyl (C=O) groups is 2. The van der Waals surface area contributed by atoms with Crippen LogP contribution in [-0.2, 0) is 20.9 Å². The van der Waals surface area contributed by atoms with E-state index < -0.39 is 29.9 Å². The zero-order chi connectivity index (χ0) is 25.2. The summed E-state index contributed by atoms with van der Waals surface area (Å²) in [7, 11) is 0. The molecule has 1 aliphatic heterocycles. The molecular weight excluding hydrogens is 468 g/mol. The van der Waals surface area contributed by atoms with E-state index in [0.29, 0.717) is 16.8 Å². The number of amides is 2. The van der Waals surface area contributed by atoms with Crippen LogP contribution in [0.1, 0.15) is 18.9 Å². The molecule has 0 radical (unpaired) electrons. The molecule has 2 amide bonds. The third kappa shape index (κ3) is 5.68. The summed E-state index contributed by atoms with van der Waals surface area (Å²) in [6.45, 7) is 0.859. The number of hydrogen-bond donors (Lipinski definition) is 2. The van der Waals surface area contributed by atoms with Crippen LogP contribution in [0.4, 0.5) is 23.4 Å². The molecule has 7 nitrogen and oxygen atoms in total. The lowest BCUT2D eigenvalue weighted by atomic mass is 10.1. The van der Waals surface area contributed by atoms with Gasteiger partial charge in [0.2, 0.25) is 11.8 Å². The van der Waals surface area contributed by atoms with Gasteiger partial charge in [-0.15, -0.1) is 5.10 Å².